The Morgan fingerprint density at radius 3 is 2.41 bits per heavy atom. The molecule has 1 aromatic heterocycles. The molecule has 5 heteroatoms. The molecule has 0 saturated carbocycles. The standard InChI is InChI=1S/C12H14ClN3S/c1-7(2)17-9-5-3-8(4-6-9)10-11(13)16-12(14)15-10/h3-7H,1-2H3,(H3,14,15,16). The molecule has 0 saturated heterocycles. The molecule has 0 atom stereocenters. The van der Waals surface area contributed by atoms with Crippen molar-refractivity contribution < 1.29 is 0 Å². The van der Waals surface area contributed by atoms with Crippen LogP contribution in [0.2, 0.25) is 5.15 Å². The van der Waals surface area contributed by atoms with E-state index in [1.54, 1.807) is 0 Å². The molecule has 90 valence electrons. The van der Waals surface area contributed by atoms with Crippen molar-refractivity contribution in [1.29, 1.82) is 0 Å². The van der Waals surface area contributed by atoms with Gasteiger partial charge in [-0.1, -0.05) is 37.6 Å². The number of aromatic amines is 1. The van der Waals surface area contributed by atoms with E-state index in [-0.39, 0.29) is 0 Å². The highest BCUT2D eigenvalue weighted by atomic mass is 35.5. The van der Waals surface area contributed by atoms with E-state index in [0.29, 0.717) is 22.0 Å². The number of nitrogens with one attached hydrogen (secondary N) is 1. The fourth-order valence-corrected chi connectivity index (χ4v) is 2.61. The molecule has 1 heterocycles. The zero-order valence-electron chi connectivity index (χ0n) is 9.70. The van der Waals surface area contributed by atoms with E-state index in [2.05, 4.69) is 35.9 Å². The lowest BCUT2D eigenvalue weighted by Gasteiger charge is -2.05. The van der Waals surface area contributed by atoms with Gasteiger partial charge >= 0.3 is 0 Å². The second-order valence-corrected chi connectivity index (χ2v) is 6.00. The summed E-state index contributed by atoms with van der Waals surface area (Å²) in [5.41, 5.74) is 7.23. The minimum atomic E-state index is 0.339. The van der Waals surface area contributed by atoms with Crippen LogP contribution in [0.1, 0.15) is 13.8 Å². The van der Waals surface area contributed by atoms with Crippen molar-refractivity contribution >= 4 is 29.3 Å². The molecular formula is C12H14ClN3S. The third kappa shape index (κ3) is 2.96. The van der Waals surface area contributed by atoms with Crippen molar-refractivity contribution in [2.45, 2.75) is 24.0 Å². The number of hydrogen-bond donors (Lipinski definition) is 2. The minimum absolute atomic E-state index is 0.339. The van der Waals surface area contributed by atoms with Crippen LogP contribution in [0.25, 0.3) is 11.3 Å². The molecule has 0 amide bonds. The molecule has 0 fully saturated rings. The summed E-state index contributed by atoms with van der Waals surface area (Å²) in [5, 5.41) is 1.05. The fraction of sp³-hybridized carbons (Fsp3) is 0.250. The van der Waals surface area contributed by atoms with Gasteiger partial charge in [0, 0.05) is 15.7 Å². The number of nitrogen functional groups attached to an aromatic ring is 1. The van der Waals surface area contributed by atoms with Gasteiger partial charge in [0.25, 0.3) is 0 Å². The normalized spacial score (nSPS) is 11.1. The van der Waals surface area contributed by atoms with Crippen molar-refractivity contribution in [3.63, 3.8) is 0 Å². The fourth-order valence-electron chi connectivity index (χ4n) is 1.52. The first-order valence-electron chi connectivity index (χ1n) is 5.34. The van der Waals surface area contributed by atoms with Gasteiger partial charge in [0.15, 0.2) is 5.95 Å². The maximum Gasteiger partial charge on any atom is 0.199 e. The lowest BCUT2D eigenvalue weighted by atomic mass is 10.2. The lowest BCUT2D eigenvalue weighted by molar-refractivity contribution is 1.11. The molecule has 0 spiro atoms. The molecule has 0 bridgehead atoms. The van der Waals surface area contributed by atoms with Crippen LogP contribution in [0.3, 0.4) is 0 Å². The summed E-state index contributed by atoms with van der Waals surface area (Å²) >= 11 is 7.83. The Hall–Kier alpha value is -1.13. The van der Waals surface area contributed by atoms with Crippen LogP contribution in [-0.2, 0) is 0 Å². The Kier molecular flexibility index (Phi) is 3.64. The van der Waals surface area contributed by atoms with Gasteiger partial charge in [0.05, 0.1) is 0 Å². The number of nitrogens with zero attached hydrogens (tertiary/aromatic N) is 1. The molecule has 2 rings (SSSR count). The van der Waals surface area contributed by atoms with Crippen molar-refractivity contribution in [3.8, 4) is 11.3 Å². The lowest BCUT2D eigenvalue weighted by Crippen LogP contribution is -1.87. The van der Waals surface area contributed by atoms with Crippen LogP contribution in [0.15, 0.2) is 29.2 Å². The highest BCUT2D eigenvalue weighted by molar-refractivity contribution is 7.99. The third-order valence-corrected chi connectivity index (χ3v) is 3.47. The quantitative estimate of drug-likeness (QED) is 0.832. The van der Waals surface area contributed by atoms with Crippen molar-refractivity contribution in [1.82, 2.24) is 9.97 Å². The summed E-state index contributed by atoms with van der Waals surface area (Å²) in [5.74, 6) is 0.339. The number of thioether (sulfide) groups is 1. The Bertz CT molecular complexity index is 505. The van der Waals surface area contributed by atoms with Crippen molar-refractivity contribution in [2.75, 3.05) is 5.73 Å². The van der Waals surface area contributed by atoms with E-state index in [0.717, 1.165) is 5.56 Å². The number of aromatic nitrogens is 2. The first kappa shape index (κ1) is 12.3. The summed E-state index contributed by atoms with van der Waals surface area (Å²) in [6.45, 7) is 4.34. The molecule has 0 unspecified atom stereocenters. The van der Waals surface area contributed by atoms with Crippen LogP contribution < -0.4 is 5.73 Å². The highest BCUT2D eigenvalue weighted by Gasteiger charge is 2.09. The monoisotopic (exact) mass is 267 g/mol. The van der Waals surface area contributed by atoms with E-state index in [1.165, 1.54) is 4.90 Å². The van der Waals surface area contributed by atoms with E-state index in [4.69, 9.17) is 17.3 Å². The van der Waals surface area contributed by atoms with E-state index < -0.39 is 0 Å². The Balaban J connectivity index is 2.26. The number of rotatable bonds is 3. The largest absolute Gasteiger partial charge is 0.369 e. The summed E-state index contributed by atoms with van der Waals surface area (Å²) in [6.07, 6.45) is 0. The van der Waals surface area contributed by atoms with Gasteiger partial charge in [-0.3, -0.25) is 0 Å². The second-order valence-electron chi connectivity index (χ2n) is 3.98. The van der Waals surface area contributed by atoms with E-state index in [9.17, 15) is 0 Å². The summed E-state index contributed by atoms with van der Waals surface area (Å²) in [7, 11) is 0. The van der Waals surface area contributed by atoms with Gasteiger partial charge in [-0.15, -0.1) is 11.8 Å². The third-order valence-electron chi connectivity index (χ3n) is 2.18. The van der Waals surface area contributed by atoms with Crippen LogP contribution in [0.4, 0.5) is 5.95 Å². The zero-order chi connectivity index (χ0) is 12.4. The number of H-pyrrole nitrogens is 1. The van der Waals surface area contributed by atoms with Crippen LogP contribution in [0, 0.1) is 0 Å². The second kappa shape index (κ2) is 5.02. The molecule has 0 radical (unpaired) electrons. The van der Waals surface area contributed by atoms with Gasteiger partial charge in [-0.05, 0) is 12.1 Å². The topological polar surface area (TPSA) is 54.7 Å². The predicted molar refractivity (Wildman–Crippen MR) is 74.4 cm³/mol. The summed E-state index contributed by atoms with van der Waals surface area (Å²) in [6, 6.07) is 8.15. The van der Waals surface area contributed by atoms with E-state index >= 15 is 0 Å². The number of halogens is 1. The molecule has 3 N–H and O–H groups in total. The van der Waals surface area contributed by atoms with Gasteiger partial charge in [-0.2, -0.15) is 0 Å². The number of benzene rings is 1. The van der Waals surface area contributed by atoms with Crippen LogP contribution in [0.5, 0.6) is 0 Å². The maximum absolute atomic E-state index is 6.00. The minimum Gasteiger partial charge on any atom is -0.369 e. The van der Waals surface area contributed by atoms with Crippen molar-refractivity contribution in [3.05, 3.63) is 29.4 Å². The van der Waals surface area contributed by atoms with Gasteiger partial charge in [0.2, 0.25) is 0 Å². The zero-order valence-corrected chi connectivity index (χ0v) is 11.3. The maximum atomic E-state index is 6.00. The van der Waals surface area contributed by atoms with Gasteiger partial charge in [0.1, 0.15) is 10.8 Å². The first-order chi connectivity index (χ1) is 8.06. The molecule has 1 aromatic carbocycles. The van der Waals surface area contributed by atoms with Crippen LogP contribution >= 0.6 is 23.4 Å². The smallest absolute Gasteiger partial charge is 0.199 e. The average Bonchev–Trinajstić information content (AvgIpc) is 2.58. The summed E-state index contributed by atoms with van der Waals surface area (Å²) < 4.78 is 0. The molecular weight excluding hydrogens is 254 g/mol. The Morgan fingerprint density at radius 2 is 1.94 bits per heavy atom. The summed E-state index contributed by atoms with van der Waals surface area (Å²) in [4.78, 5) is 8.17. The van der Waals surface area contributed by atoms with Gasteiger partial charge < -0.3 is 10.7 Å². The Labute approximate surface area is 110 Å². The number of nitrogens with two attached hydrogens (primary N) is 1. The number of hydrogen-bond acceptors (Lipinski definition) is 3. The predicted octanol–water partition coefficient (Wildman–Crippen LogP) is 3.81. The van der Waals surface area contributed by atoms with Crippen molar-refractivity contribution in [2.24, 2.45) is 0 Å². The highest BCUT2D eigenvalue weighted by Crippen LogP contribution is 2.29. The molecule has 3 nitrogen and oxygen atoms in total. The molecule has 17 heavy (non-hydrogen) atoms. The molecule has 0 aliphatic rings. The number of anilines is 1. The van der Waals surface area contributed by atoms with E-state index in [1.807, 2.05) is 23.9 Å². The Morgan fingerprint density at radius 1 is 1.29 bits per heavy atom. The first-order valence-corrected chi connectivity index (χ1v) is 6.60. The molecule has 2 aromatic rings. The average molecular weight is 268 g/mol. The van der Waals surface area contributed by atoms with Crippen LogP contribution in [-0.4, -0.2) is 15.2 Å². The number of imidazole rings is 1. The van der Waals surface area contributed by atoms with Gasteiger partial charge in [-0.25, -0.2) is 4.98 Å². The molecule has 0 aliphatic carbocycles. The molecule has 0 aliphatic heterocycles. The SMILES string of the molecule is CC(C)Sc1ccc(-c2nc(N)[nH]c2Cl)cc1.